The zero-order valence-electron chi connectivity index (χ0n) is 14.8. The molecule has 3 aromatic rings. The smallest absolute Gasteiger partial charge is 0.185 e. The fraction of sp³-hybridized carbons (Fsp3) is 0.211. The van der Waals surface area contributed by atoms with Gasteiger partial charge in [0.25, 0.3) is 0 Å². The molecule has 0 amide bonds. The Hall–Kier alpha value is -2.80. The maximum atomic E-state index is 13.5. The fourth-order valence-electron chi connectivity index (χ4n) is 2.95. The molecule has 8 heteroatoms. The number of hydrogen-bond donors (Lipinski definition) is 2. The van der Waals surface area contributed by atoms with Crippen LogP contribution < -0.4 is 16.2 Å². The van der Waals surface area contributed by atoms with Crippen LogP contribution in [0.25, 0.3) is 10.9 Å². The zero-order chi connectivity index (χ0) is 18.7. The predicted octanol–water partition coefficient (Wildman–Crippen LogP) is 3.21. The number of halogens is 3. The number of nitrogens with two attached hydrogens (primary N) is 2. The van der Waals surface area contributed by atoms with Gasteiger partial charge in [0.2, 0.25) is 0 Å². The zero-order valence-corrected chi connectivity index (χ0v) is 15.6. The van der Waals surface area contributed by atoms with Crippen molar-refractivity contribution in [2.75, 3.05) is 13.7 Å². The second kappa shape index (κ2) is 8.73. The summed E-state index contributed by atoms with van der Waals surface area (Å²) in [6.45, 7) is 0.881. The number of aliphatic imine (C=N–C) groups is 1. The number of hydrogen-bond acceptors (Lipinski definition) is 2. The third-order valence-electron chi connectivity index (χ3n) is 4.18. The lowest BCUT2D eigenvalue weighted by molar-refractivity contribution is 0.415. The van der Waals surface area contributed by atoms with Crippen LogP contribution in [-0.2, 0) is 13.0 Å². The lowest BCUT2D eigenvalue weighted by atomic mass is 10.1. The van der Waals surface area contributed by atoms with Gasteiger partial charge >= 0.3 is 0 Å². The number of ether oxygens (including phenoxy) is 1. The lowest BCUT2D eigenvalue weighted by Crippen LogP contribution is -2.23. The predicted molar refractivity (Wildman–Crippen MR) is 106 cm³/mol. The molecule has 144 valence electrons. The van der Waals surface area contributed by atoms with E-state index < -0.39 is 11.6 Å². The topological polar surface area (TPSA) is 78.6 Å². The van der Waals surface area contributed by atoms with E-state index in [0.29, 0.717) is 25.1 Å². The lowest BCUT2D eigenvalue weighted by Gasteiger charge is -2.07. The van der Waals surface area contributed by atoms with E-state index in [4.69, 9.17) is 16.2 Å². The van der Waals surface area contributed by atoms with E-state index in [9.17, 15) is 8.78 Å². The highest BCUT2D eigenvalue weighted by Crippen LogP contribution is 2.27. The summed E-state index contributed by atoms with van der Waals surface area (Å²) >= 11 is 0. The van der Waals surface area contributed by atoms with E-state index in [2.05, 4.69) is 4.99 Å². The normalized spacial score (nSPS) is 10.5. The Bertz CT molecular complexity index is 968. The molecule has 0 spiro atoms. The minimum Gasteiger partial charge on any atom is -0.497 e. The van der Waals surface area contributed by atoms with Crippen LogP contribution in [0.15, 0.2) is 47.6 Å². The van der Waals surface area contributed by atoms with Gasteiger partial charge in [0.15, 0.2) is 17.6 Å². The summed E-state index contributed by atoms with van der Waals surface area (Å²) in [6, 6.07) is 9.68. The second-order valence-electron chi connectivity index (χ2n) is 5.97. The Kier molecular flexibility index (Phi) is 6.63. The SMILES string of the molecule is COc1ccc2c(c1)c(CCN=C(N)N)cn2Cc1ccc(F)c(F)c1.Cl. The van der Waals surface area contributed by atoms with Crippen molar-refractivity contribution < 1.29 is 13.5 Å². The Morgan fingerprint density at radius 2 is 1.89 bits per heavy atom. The molecule has 0 saturated heterocycles. The van der Waals surface area contributed by atoms with E-state index in [1.165, 1.54) is 6.07 Å². The summed E-state index contributed by atoms with van der Waals surface area (Å²) in [4.78, 5) is 4.02. The highest BCUT2D eigenvalue weighted by molar-refractivity contribution is 5.86. The Morgan fingerprint density at radius 3 is 2.56 bits per heavy atom. The molecule has 0 atom stereocenters. The van der Waals surface area contributed by atoms with Gasteiger partial charge in [0.1, 0.15) is 5.75 Å². The van der Waals surface area contributed by atoms with Crippen molar-refractivity contribution in [3.8, 4) is 5.75 Å². The number of rotatable bonds is 6. The molecule has 0 fully saturated rings. The Labute approximate surface area is 162 Å². The molecular formula is C19H21ClF2N4O. The van der Waals surface area contributed by atoms with Gasteiger partial charge in [-0.3, -0.25) is 4.99 Å². The molecule has 0 radical (unpaired) electrons. The third kappa shape index (κ3) is 4.68. The maximum absolute atomic E-state index is 13.5. The van der Waals surface area contributed by atoms with E-state index in [0.717, 1.165) is 28.3 Å². The van der Waals surface area contributed by atoms with Crippen LogP contribution in [0.2, 0.25) is 0 Å². The van der Waals surface area contributed by atoms with Crippen molar-refractivity contribution in [3.05, 3.63) is 65.4 Å². The molecule has 2 aromatic carbocycles. The molecule has 27 heavy (non-hydrogen) atoms. The fourth-order valence-corrected chi connectivity index (χ4v) is 2.95. The van der Waals surface area contributed by atoms with Gasteiger partial charge in [-0.15, -0.1) is 12.4 Å². The molecular weight excluding hydrogens is 374 g/mol. The van der Waals surface area contributed by atoms with Crippen LogP contribution in [0.3, 0.4) is 0 Å². The molecule has 0 aliphatic carbocycles. The van der Waals surface area contributed by atoms with E-state index >= 15 is 0 Å². The minimum atomic E-state index is -0.853. The molecule has 0 bridgehead atoms. The first-order valence-corrected chi connectivity index (χ1v) is 8.13. The van der Waals surface area contributed by atoms with Crippen LogP contribution in [0.5, 0.6) is 5.75 Å². The quantitative estimate of drug-likeness (QED) is 0.497. The van der Waals surface area contributed by atoms with Crippen molar-refractivity contribution in [2.24, 2.45) is 16.5 Å². The summed E-state index contributed by atoms with van der Waals surface area (Å²) < 4.78 is 34.0. The number of fused-ring (bicyclic) bond motifs is 1. The van der Waals surface area contributed by atoms with Crippen LogP contribution in [0.1, 0.15) is 11.1 Å². The molecule has 4 N–H and O–H groups in total. The molecule has 1 heterocycles. The van der Waals surface area contributed by atoms with Gasteiger partial charge in [-0.1, -0.05) is 6.07 Å². The maximum Gasteiger partial charge on any atom is 0.185 e. The van der Waals surface area contributed by atoms with Crippen molar-refractivity contribution in [3.63, 3.8) is 0 Å². The number of nitrogens with zero attached hydrogens (tertiary/aromatic N) is 2. The molecule has 1 aromatic heterocycles. The monoisotopic (exact) mass is 394 g/mol. The average molecular weight is 395 g/mol. The molecule has 5 nitrogen and oxygen atoms in total. The number of guanidine groups is 1. The van der Waals surface area contributed by atoms with Gasteiger partial charge in [-0.2, -0.15) is 0 Å². The van der Waals surface area contributed by atoms with Gasteiger partial charge in [0, 0.05) is 30.2 Å². The van der Waals surface area contributed by atoms with E-state index in [1.807, 2.05) is 29.0 Å². The summed E-state index contributed by atoms with van der Waals surface area (Å²) in [6.07, 6.45) is 2.62. The van der Waals surface area contributed by atoms with Crippen LogP contribution in [-0.4, -0.2) is 24.2 Å². The van der Waals surface area contributed by atoms with Crippen molar-refractivity contribution in [2.45, 2.75) is 13.0 Å². The van der Waals surface area contributed by atoms with Crippen molar-refractivity contribution in [1.82, 2.24) is 4.57 Å². The van der Waals surface area contributed by atoms with Gasteiger partial charge < -0.3 is 20.8 Å². The van der Waals surface area contributed by atoms with Gasteiger partial charge in [0.05, 0.1) is 7.11 Å². The van der Waals surface area contributed by atoms with Gasteiger partial charge in [-0.25, -0.2) is 8.78 Å². The number of methoxy groups -OCH3 is 1. The number of benzene rings is 2. The summed E-state index contributed by atoms with van der Waals surface area (Å²) in [5.41, 5.74) is 13.5. The largest absolute Gasteiger partial charge is 0.497 e. The highest BCUT2D eigenvalue weighted by Gasteiger charge is 2.11. The molecule has 3 rings (SSSR count). The Morgan fingerprint density at radius 1 is 1.11 bits per heavy atom. The van der Waals surface area contributed by atoms with Crippen LogP contribution >= 0.6 is 12.4 Å². The minimum absolute atomic E-state index is 0. The first-order chi connectivity index (χ1) is 12.5. The highest BCUT2D eigenvalue weighted by atomic mass is 35.5. The standard InChI is InChI=1S/C19H20F2N4O.ClH/c1-26-14-3-5-18-15(9-14)13(6-7-24-19(22)23)11-25(18)10-12-2-4-16(20)17(21)8-12;/h2-5,8-9,11H,6-7,10H2,1H3,(H4,22,23,24);1H. The molecule has 0 unspecified atom stereocenters. The third-order valence-corrected chi connectivity index (χ3v) is 4.18. The molecule has 0 aliphatic rings. The average Bonchev–Trinajstić information content (AvgIpc) is 2.95. The molecule has 0 aliphatic heterocycles. The molecule has 0 saturated carbocycles. The van der Waals surface area contributed by atoms with E-state index in [-0.39, 0.29) is 18.4 Å². The first-order valence-electron chi connectivity index (χ1n) is 8.13. The van der Waals surface area contributed by atoms with Gasteiger partial charge in [-0.05, 0) is 47.9 Å². The Balaban J connectivity index is 0.00000261. The first kappa shape index (κ1) is 20.5. The summed E-state index contributed by atoms with van der Waals surface area (Å²) in [5.74, 6) is -0.915. The number of aromatic nitrogens is 1. The summed E-state index contributed by atoms with van der Waals surface area (Å²) in [7, 11) is 1.61. The van der Waals surface area contributed by atoms with Crippen LogP contribution in [0, 0.1) is 11.6 Å². The van der Waals surface area contributed by atoms with Crippen LogP contribution in [0.4, 0.5) is 8.78 Å². The van der Waals surface area contributed by atoms with E-state index in [1.54, 1.807) is 13.2 Å². The van der Waals surface area contributed by atoms with Crippen molar-refractivity contribution in [1.29, 1.82) is 0 Å². The summed E-state index contributed by atoms with van der Waals surface area (Å²) in [5, 5.41) is 1.01. The second-order valence-corrected chi connectivity index (χ2v) is 5.97. The van der Waals surface area contributed by atoms with Crippen molar-refractivity contribution >= 4 is 29.3 Å².